The number of imidazole rings is 1. The summed E-state index contributed by atoms with van der Waals surface area (Å²) in [6, 6.07) is 22.2. The van der Waals surface area contributed by atoms with Gasteiger partial charge in [0.15, 0.2) is 0 Å². The molecule has 0 radical (unpaired) electrons. The molecule has 0 aliphatic rings. The van der Waals surface area contributed by atoms with Crippen molar-refractivity contribution >= 4 is 0 Å². The van der Waals surface area contributed by atoms with Crippen molar-refractivity contribution in [3.05, 3.63) is 90.0 Å². The van der Waals surface area contributed by atoms with Gasteiger partial charge in [-0.2, -0.15) is 0 Å². The van der Waals surface area contributed by atoms with Gasteiger partial charge in [0.1, 0.15) is 12.4 Å². The quantitative estimate of drug-likeness (QED) is 0.221. The minimum Gasteiger partial charge on any atom is -0.247 e. The molecule has 1 N–H and O–H groups in total. The highest BCUT2D eigenvalue weighted by Gasteiger charge is 2.41. The van der Waals surface area contributed by atoms with E-state index in [0.29, 0.717) is 5.92 Å². The van der Waals surface area contributed by atoms with Crippen LogP contribution in [0.4, 0.5) is 0 Å². The van der Waals surface area contributed by atoms with Crippen LogP contribution in [-0.4, -0.2) is 4.98 Å². The van der Waals surface area contributed by atoms with Gasteiger partial charge in [-0.15, -0.1) is 0 Å². The number of aromatic nitrogens is 2. The molecule has 2 aromatic carbocycles. The highest BCUT2D eigenvalue weighted by atomic mass is 15.1. The lowest BCUT2D eigenvalue weighted by atomic mass is 9.66. The van der Waals surface area contributed by atoms with E-state index in [0.717, 1.165) is 13.0 Å². The second kappa shape index (κ2) is 11.9. The molecule has 0 aliphatic carbocycles. The number of hydrogen-bond donors (Lipinski definition) is 1. The summed E-state index contributed by atoms with van der Waals surface area (Å²) in [7, 11) is 0. The topological polar surface area (TPSA) is 19.7 Å². The predicted molar refractivity (Wildman–Crippen MR) is 131 cm³/mol. The molecular formula is C29H41N2+. The van der Waals surface area contributed by atoms with Crippen molar-refractivity contribution in [1.29, 1.82) is 0 Å². The normalized spacial score (nSPS) is 14.3. The fourth-order valence-electron chi connectivity index (χ4n) is 5.07. The summed E-state index contributed by atoms with van der Waals surface area (Å²) in [5.74, 6) is 1.82. The lowest BCUT2D eigenvalue weighted by Crippen LogP contribution is -2.43. The molecule has 0 fully saturated rings. The maximum atomic E-state index is 3.67. The van der Waals surface area contributed by atoms with E-state index in [2.05, 4.69) is 103 Å². The van der Waals surface area contributed by atoms with Crippen LogP contribution in [0.15, 0.2) is 73.1 Å². The highest BCUT2D eigenvalue weighted by Crippen LogP contribution is 2.43. The number of H-pyrrole nitrogens is 1. The number of hydrogen-bond acceptors (Lipinski definition) is 0. The fourth-order valence-corrected chi connectivity index (χ4v) is 5.07. The first-order chi connectivity index (χ1) is 15.2. The van der Waals surface area contributed by atoms with Crippen LogP contribution in [-0.2, 0) is 18.4 Å². The molecule has 0 saturated heterocycles. The number of nitrogens with one attached hydrogen (secondary N) is 1. The molecule has 2 unspecified atom stereocenters. The Morgan fingerprint density at radius 3 is 2.19 bits per heavy atom. The number of nitrogens with zero attached hydrogens (tertiary/aromatic N) is 1. The van der Waals surface area contributed by atoms with Crippen molar-refractivity contribution in [2.75, 3.05) is 0 Å². The summed E-state index contributed by atoms with van der Waals surface area (Å²) < 4.78 is 2.50. The number of aryl methyl sites for hydroxylation is 1. The molecule has 0 bridgehead atoms. The average Bonchev–Trinajstić information content (AvgIpc) is 3.26. The van der Waals surface area contributed by atoms with Crippen LogP contribution >= 0.6 is 0 Å². The highest BCUT2D eigenvalue weighted by molar-refractivity contribution is 5.32. The van der Waals surface area contributed by atoms with Crippen LogP contribution in [0.2, 0.25) is 0 Å². The molecule has 2 nitrogen and oxygen atoms in total. The van der Waals surface area contributed by atoms with Gasteiger partial charge in [-0.05, 0) is 36.8 Å². The summed E-state index contributed by atoms with van der Waals surface area (Å²) >= 11 is 0. The zero-order chi connectivity index (χ0) is 21.9. The van der Waals surface area contributed by atoms with Crippen molar-refractivity contribution in [3.8, 4) is 0 Å². The van der Waals surface area contributed by atoms with Crippen molar-refractivity contribution in [1.82, 2.24) is 4.98 Å². The third-order valence-corrected chi connectivity index (χ3v) is 6.82. The third kappa shape index (κ3) is 6.09. The van der Waals surface area contributed by atoms with Gasteiger partial charge >= 0.3 is 0 Å². The first kappa shape index (κ1) is 23.3. The zero-order valence-corrected chi connectivity index (χ0v) is 19.8. The predicted octanol–water partition coefficient (Wildman–Crippen LogP) is 7.36. The standard InChI is InChI=1S/C29H40N2/c1-4-6-7-8-15-22-31-23-21-30-28(31)27(16-5-2)29(3,26-19-13-10-14-20-26)24-25-17-11-9-12-18-25/h9-14,17-21,23,27H,4-8,15-16,22,24H2,1-3H3/p+1. The van der Waals surface area contributed by atoms with E-state index >= 15 is 0 Å². The smallest absolute Gasteiger partial charge is 0.247 e. The Kier molecular flexibility index (Phi) is 8.94. The lowest BCUT2D eigenvalue weighted by molar-refractivity contribution is -0.705. The zero-order valence-electron chi connectivity index (χ0n) is 19.8. The van der Waals surface area contributed by atoms with Crippen molar-refractivity contribution in [3.63, 3.8) is 0 Å². The van der Waals surface area contributed by atoms with Gasteiger partial charge in [0.25, 0.3) is 5.82 Å². The molecule has 1 aromatic heterocycles. The van der Waals surface area contributed by atoms with Gasteiger partial charge in [0.05, 0.1) is 12.5 Å². The molecule has 3 aromatic rings. The van der Waals surface area contributed by atoms with E-state index in [1.54, 1.807) is 0 Å². The molecule has 31 heavy (non-hydrogen) atoms. The number of unbranched alkanes of at least 4 members (excludes halogenated alkanes) is 4. The Labute approximate surface area is 189 Å². The van der Waals surface area contributed by atoms with E-state index < -0.39 is 0 Å². The number of rotatable bonds is 13. The van der Waals surface area contributed by atoms with E-state index in [4.69, 9.17) is 0 Å². The molecule has 1 heterocycles. The summed E-state index contributed by atoms with van der Waals surface area (Å²) in [4.78, 5) is 3.67. The molecule has 0 spiro atoms. The fraction of sp³-hybridized carbons (Fsp3) is 0.483. The Morgan fingerprint density at radius 1 is 0.839 bits per heavy atom. The Hall–Kier alpha value is -2.35. The Bertz CT molecular complexity index is 868. The molecule has 2 heteroatoms. The Morgan fingerprint density at radius 2 is 1.52 bits per heavy atom. The van der Waals surface area contributed by atoms with E-state index in [9.17, 15) is 0 Å². The molecule has 0 saturated carbocycles. The summed E-state index contributed by atoms with van der Waals surface area (Å²) in [5.41, 5.74) is 2.86. The van der Waals surface area contributed by atoms with Gasteiger partial charge in [0.2, 0.25) is 0 Å². The third-order valence-electron chi connectivity index (χ3n) is 6.82. The van der Waals surface area contributed by atoms with Gasteiger partial charge < -0.3 is 0 Å². The number of aromatic amines is 1. The summed E-state index contributed by atoms with van der Waals surface area (Å²) in [6.45, 7) is 8.19. The number of benzene rings is 2. The van der Waals surface area contributed by atoms with Gasteiger partial charge in [-0.3, -0.25) is 0 Å². The summed E-state index contributed by atoms with van der Waals surface area (Å²) in [5, 5.41) is 0. The molecule has 166 valence electrons. The average molecular weight is 418 g/mol. The minimum absolute atomic E-state index is 0.0213. The molecule has 2 atom stereocenters. The SMILES string of the molecule is CCCCCCC[n+]1cc[nH]c1C(CCC)C(C)(Cc1ccccc1)c1ccccc1. The van der Waals surface area contributed by atoms with Crippen LogP contribution in [0, 0.1) is 0 Å². The minimum atomic E-state index is 0.0213. The lowest BCUT2D eigenvalue weighted by Gasteiger charge is -2.37. The van der Waals surface area contributed by atoms with Crippen LogP contribution in [0.5, 0.6) is 0 Å². The monoisotopic (exact) mass is 417 g/mol. The molecule has 0 amide bonds. The molecular weight excluding hydrogens is 376 g/mol. The van der Waals surface area contributed by atoms with Gasteiger partial charge in [-0.25, -0.2) is 9.55 Å². The van der Waals surface area contributed by atoms with Crippen molar-refractivity contribution in [2.45, 2.75) is 90.0 Å². The molecule has 3 rings (SSSR count). The van der Waals surface area contributed by atoms with E-state index in [-0.39, 0.29) is 5.41 Å². The van der Waals surface area contributed by atoms with Crippen LogP contribution < -0.4 is 4.57 Å². The van der Waals surface area contributed by atoms with Crippen LogP contribution in [0.25, 0.3) is 0 Å². The first-order valence-corrected chi connectivity index (χ1v) is 12.3. The van der Waals surface area contributed by atoms with E-state index in [1.807, 2.05) is 0 Å². The second-order valence-corrected chi connectivity index (χ2v) is 9.24. The Balaban J connectivity index is 1.93. The van der Waals surface area contributed by atoms with Crippen LogP contribution in [0.3, 0.4) is 0 Å². The molecule has 0 aliphatic heterocycles. The summed E-state index contributed by atoms with van der Waals surface area (Å²) in [6.07, 6.45) is 14.4. The largest absolute Gasteiger partial charge is 0.258 e. The maximum Gasteiger partial charge on any atom is 0.258 e. The maximum absolute atomic E-state index is 3.67. The van der Waals surface area contributed by atoms with Gasteiger partial charge in [0, 0.05) is 5.41 Å². The van der Waals surface area contributed by atoms with Crippen molar-refractivity contribution < 1.29 is 4.57 Å². The van der Waals surface area contributed by atoms with Crippen LogP contribution in [0.1, 0.15) is 88.6 Å². The van der Waals surface area contributed by atoms with E-state index in [1.165, 1.54) is 61.9 Å². The second-order valence-electron chi connectivity index (χ2n) is 9.24. The van der Waals surface area contributed by atoms with Gasteiger partial charge in [-0.1, -0.05) is 107 Å². The first-order valence-electron chi connectivity index (χ1n) is 12.3. The van der Waals surface area contributed by atoms with Crippen molar-refractivity contribution in [2.24, 2.45) is 0 Å².